The van der Waals surface area contributed by atoms with Gasteiger partial charge in [-0.25, -0.2) is 5.84 Å². The van der Waals surface area contributed by atoms with E-state index in [0.29, 0.717) is 18.9 Å². The summed E-state index contributed by atoms with van der Waals surface area (Å²) in [4.78, 5) is 4.01. The van der Waals surface area contributed by atoms with Gasteiger partial charge in [-0.1, -0.05) is 0 Å². The fourth-order valence-corrected chi connectivity index (χ4v) is 0.893. The number of hydrogen-bond donors (Lipinski definition) is 4. The molecule has 0 amide bonds. The van der Waals surface area contributed by atoms with Crippen LogP contribution < -0.4 is 16.6 Å². The van der Waals surface area contributed by atoms with Gasteiger partial charge in [0.05, 0.1) is 12.6 Å². The van der Waals surface area contributed by atoms with Crippen molar-refractivity contribution in [1.82, 2.24) is 10.7 Å². The highest BCUT2D eigenvalue weighted by Crippen LogP contribution is 1.97. The van der Waals surface area contributed by atoms with Crippen LogP contribution in [0.3, 0.4) is 0 Å². The van der Waals surface area contributed by atoms with Gasteiger partial charge in [0.25, 0.3) is 0 Å². The zero-order valence-electron chi connectivity index (χ0n) is 5.67. The summed E-state index contributed by atoms with van der Waals surface area (Å²) in [6, 6.07) is 0.246. The van der Waals surface area contributed by atoms with Crippen LogP contribution in [0, 0.1) is 0 Å². The molecule has 5 nitrogen and oxygen atoms in total. The van der Waals surface area contributed by atoms with Gasteiger partial charge in [-0.15, -0.1) is 0 Å². The lowest BCUT2D eigenvalue weighted by molar-refractivity contribution is 0.274. The normalized spacial score (nSPS) is 23.8. The molecule has 5 N–H and O–H groups in total. The summed E-state index contributed by atoms with van der Waals surface area (Å²) in [6.45, 7) is 0.880. The summed E-state index contributed by atoms with van der Waals surface area (Å²) in [7, 11) is 0. The molecule has 5 heteroatoms. The van der Waals surface area contributed by atoms with E-state index in [0.717, 1.165) is 0 Å². The second-order valence-corrected chi connectivity index (χ2v) is 2.19. The molecule has 1 unspecified atom stereocenters. The summed E-state index contributed by atoms with van der Waals surface area (Å²) in [6.07, 6.45) is 0.717. The molecule has 0 aromatic heterocycles. The predicted octanol–water partition coefficient (Wildman–Crippen LogP) is -1.84. The Morgan fingerprint density at radius 2 is 2.70 bits per heavy atom. The highest BCUT2D eigenvalue weighted by molar-refractivity contribution is 5.81. The average Bonchev–Trinajstić information content (AvgIpc) is 2.37. The number of rotatable bonds is 2. The fourth-order valence-electron chi connectivity index (χ4n) is 0.893. The first-order valence-electron chi connectivity index (χ1n) is 3.25. The monoisotopic (exact) mass is 144 g/mol. The van der Waals surface area contributed by atoms with Crippen molar-refractivity contribution in [2.45, 2.75) is 12.5 Å². The van der Waals surface area contributed by atoms with E-state index in [1.807, 2.05) is 0 Å². The Labute approximate surface area is 59.3 Å². The van der Waals surface area contributed by atoms with Gasteiger partial charge in [0.1, 0.15) is 0 Å². The second kappa shape index (κ2) is 3.38. The number of hydrazine groups is 1. The van der Waals surface area contributed by atoms with Crippen molar-refractivity contribution in [2.75, 3.05) is 13.2 Å². The molecule has 1 aliphatic rings. The predicted molar refractivity (Wildman–Crippen MR) is 38.3 cm³/mol. The minimum atomic E-state index is 0.186. The second-order valence-electron chi connectivity index (χ2n) is 2.19. The standard InChI is InChI=1S/C5H12N4O/c6-9-5-7-3-4(8-5)1-2-10/h4,10H,1-3,6H2,(H2,7,8,9). The molecule has 0 aromatic carbocycles. The van der Waals surface area contributed by atoms with E-state index in [-0.39, 0.29) is 12.6 Å². The van der Waals surface area contributed by atoms with Crippen LogP contribution in [-0.2, 0) is 0 Å². The van der Waals surface area contributed by atoms with Crippen molar-refractivity contribution in [3.63, 3.8) is 0 Å². The van der Waals surface area contributed by atoms with Crippen LogP contribution in [-0.4, -0.2) is 30.3 Å². The van der Waals surface area contributed by atoms with E-state index >= 15 is 0 Å². The van der Waals surface area contributed by atoms with E-state index in [1.165, 1.54) is 0 Å². The van der Waals surface area contributed by atoms with Crippen molar-refractivity contribution in [3.8, 4) is 0 Å². The zero-order valence-corrected chi connectivity index (χ0v) is 5.67. The van der Waals surface area contributed by atoms with E-state index in [4.69, 9.17) is 10.9 Å². The van der Waals surface area contributed by atoms with Gasteiger partial charge >= 0.3 is 0 Å². The zero-order chi connectivity index (χ0) is 7.40. The van der Waals surface area contributed by atoms with Gasteiger partial charge < -0.3 is 10.4 Å². The first kappa shape index (κ1) is 7.30. The van der Waals surface area contributed by atoms with Gasteiger partial charge in [0.15, 0.2) is 0 Å². The highest BCUT2D eigenvalue weighted by Gasteiger charge is 2.14. The summed E-state index contributed by atoms with van der Waals surface area (Å²) in [5.41, 5.74) is 2.41. The first-order valence-corrected chi connectivity index (χ1v) is 3.25. The smallest absolute Gasteiger partial charge is 0.206 e. The number of aliphatic hydroxyl groups excluding tert-OH is 1. The largest absolute Gasteiger partial charge is 0.396 e. The Kier molecular flexibility index (Phi) is 2.47. The maximum absolute atomic E-state index is 8.54. The molecular formula is C5H12N4O. The topological polar surface area (TPSA) is 82.7 Å². The van der Waals surface area contributed by atoms with Gasteiger partial charge in [0, 0.05) is 6.61 Å². The van der Waals surface area contributed by atoms with Crippen LogP contribution in [0.2, 0.25) is 0 Å². The Morgan fingerprint density at radius 3 is 3.20 bits per heavy atom. The quantitative estimate of drug-likeness (QED) is 0.271. The third-order valence-corrected chi connectivity index (χ3v) is 1.42. The lowest BCUT2D eigenvalue weighted by Crippen LogP contribution is -2.42. The molecule has 1 aliphatic heterocycles. The molecule has 0 bridgehead atoms. The summed E-state index contributed by atoms with van der Waals surface area (Å²) in [5, 5.41) is 11.5. The lowest BCUT2D eigenvalue weighted by atomic mass is 10.2. The molecule has 0 saturated carbocycles. The van der Waals surface area contributed by atoms with Crippen LogP contribution in [0.25, 0.3) is 0 Å². The SMILES string of the molecule is NNC1=NCC(CCO)N1. The Hall–Kier alpha value is -0.810. The van der Waals surface area contributed by atoms with E-state index in [9.17, 15) is 0 Å². The Balaban J connectivity index is 2.22. The van der Waals surface area contributed by atoms with E-state index < -0.39 is 0 Å². The third-order valence-electron chi connectivity index (χ3n) is 1.42. The molecule has 1 atom stereocenters. The molecule has 0 saturated heterocycles. The molecule has 0 radical (unpaired) electrons. The molecule has 0 spiro atoms. The van der Waals surface area contributed by atoms with Gasteiger partial charge in [-0.05, 0) is 6.42 Å². The molecule has 0 aliphatic carbocycles. The van der Waals surface area contributed by atoms with Crippen LogP contribution in [0.15, 0.2) is 4.99 Å². The maximum Gasteiger partial charge on any atom is 0.206 e. The van der Waals surface area contributed by atoms with Crippen molar-refractivity contribution < 1.29 is 5.11 Å². The number of nitrogens with two attached hydrogens (primary N) is 1. The van der Waals surface area contributed by atoms with E-state index in [1.54, 1.807) is 0 Å². The minimum absolute atomic E-state index is 0.186. The van der Waals surface area contributed by atoms with Gasteiger partial charge in [-0.3, -0.25) is 10.4 Å². The number of nitrogens with zero attached hydrogens (tertiary/aromatic N) is 1. The van der Waals surface area contributed by atoms with Crippen molar-refractivity contribution in [1.29, 1.82) is 0 Å². The molecule has 1 rings (SSSR count). The maximum atomic E-state index is 8.54. The number of guanidine groups is 1. The first-order chi connectivity index (χ1) is 4.86. The van der Waals surface area contributed by atoms with Crippen LogP contribution >= 0.6 is 0 Å². The van der Waals surface area contributed by atoms with Crippen LogP contribution in [0.5, 0.6) is 0 Å². The number of hydrogen-bond acceptors (Lipinski definition) is 5. The molecule has 10 heavy (non-hydrogen) atoms. The Morgan fingerprint density at radius 1 is 1.90 bits per heavy atom. The molecule has 0 aromatic rings. The average molecular weight is 144 g/mol. The summed E-state index contributed by atoms with van der Waals surface area (Å²) in [5.74, 6) is 5.70. The molecule has 1 heterocycles. The van der Waals surface area contributed by atoms with Crippen LogP contribution in [0.4, 0.5) is 0 Å². The summed E-state index contributed by atoms with van der Waals surface area (Å²) < 4.78 is 0. The van der Waals surface area contributed by atoms with Crippen molar-refractivity contribution in [2.24, 2.45) is 10.8 Å². The molecular weight excluding hydrogens is 132 g/mol. The highest BCUT2D eigenvalue weighted by atomic mass is 16.3. The molecule has 0 fully saturated rings. The minimum Gasteiger partial charge on any atom is -0.396 e. The lowest BCUT2D eigenvalue weighted by Gasteiger charge is -2.08. The van der Waals surface area contributed by atoms with Gasteiger partial charge in [0.2, 0.25) is 5.96 Å². The third kappa shape index (κ3) is 1.58. The van der Waals surface area contributed by atoms with Crippen molar-refractivity contribution in [3.05, 3.63) is 0 Å². The number of aliphatic imine (C=N–C) groups is 1. The summed E-state index contributed by atoms with van der Waals surface area (Å²) >= 11 is 0. The number of aliphatic hydroxyl groups is 1. The van der Waals surface area contributed by atoms with Crippen molar-refractivity contribution >= 4 is 5.96 Å². The fraction of sp³-hybridized carbons (Fsp3) is 0.800. The van der Waals surface area contributed by atoms with E-state index in [2.05, 4.69) is 15.7 Å². The van der Waals surface area contributed by atoms with Gasteiger partial charge in [-0.2, -0.15) is 0 Å². The molecule has 58 valence electrons. The Bertz CT molecular complexity index is 136. The number of nitrogens with one attached hydrogen (secondary N) is 2. The van der Waals surface area contributed by atoms with Crippen LogP contribution in [0.1, 0.15) is 6.42 Å².